The third kappa shape index (κ3) is 1.83. The van der Waals surface area contributed by atoms with Crippen molar-refractivity contribution in [3.05, 3.63) is 33.0 Å². The number of ether oxygens (including phenoxy) is 1. The molecule has 0 spiro atoms. The molecule has 0 aliphatic rings. The van der Waals surface area contributed by atoms with Crippen LogP contribution in [0.3, 0.4) is 0 Å². The van der Waals surface area contributed by atoms with E-state index in [9.17, 15) is 20.3 Å². The zero-order chi connectivity index (χ0) is 15.0. The molecule has 108 valence electrons. The monoisotopic (exact) mass is 280 g/mol. The molecule has 1 heterocycles. The van der Waals surface area contributed by atoms with Gasteiger partial charge in [-0.15, -0.1) is 0 Å². The van der Waals surface area contributed by atoms with Crippen LogP contribution in [0.4, 0.5) is 5.69 Å². The van der Waals surface area contributed by atoms with E-state index in [0.717, 1.165) is 0 Å². The van der Waals surface area contributed by atoms with E-state index in [1.165, 1.54) is 7.11 Å². The van der Waals surface area contributed by atoms with Gasteiger partial charge in [0.2, 0.25) is 5.75 Å². The average molecular weight is 280 g/mol. The number of nitro benzene ring substituents is 1. The molecule has 0 saturated heterocycles. The summed E-state index contributed by atoms with van der Waals surface area (Å²) in [4.78, 5) is 10.9. The number of nitrogens with zero attached hydrogens (tertiary/aromatic N) is 2. The standard InChI is InChI=1S/C13H16N2O5/c1-7-4-9-11(12(15(18)19)13(7)20-3)8(5-16)10(6-17)14(9)2/h4,16-17H,5-6H2,1-3H3. The summed E-state index contributed by atoms with van der Waals surface area (Å²) in [7, 11) is 3.07. The van der Waals surface area contributed by atoms with Crippen LogP contribution in [0, 0.1) is 17.0 Å². The van der Waals surface area contributed by atoms with Crippen molar-refractivity contribution in [2.45, 2.75) is 20.1 Å². The summed E-state index contributed by atoms with van der Waals surface area (Å²) < 4.78 is 6.79. The van der Waals surface area contributed by atoms with Crippen molar-refractivity contribution in [3.63, 3.8) is 0 Å². The maximum atomic E-state index is 11.4. The van der Waals surface area contributed by atoms with Crippen molar-refractivity contribution in [1.29, 1.82) is 0 Å². The van der Waals surface area contributed by atoms with Gasteiger partial charge < -0.3 is 19.5 Å². The van der Waals surface area contributed by atoms with Gasteiger partial charge in [0, 0.05) is 23.9 Å². The Kier molecular flexibility index (Phi) is 3.65. The molecular weight excluding hydrogens is 264 g/mol. The van der Waals surface area contributed by atoms with Crippen LogP contribution in [0.5, 0.6) is 5.75 Å². The summed E-state index contributed by atoms with van der Waals surface area (Å²) in [5, 5.41) is 30.6. The molecule has 1 aromatic carbocycles. The number of nitro groups is 1. The lowest BCUT2D eigenvalue weighted by Gasteiger charge is -2.08. The third-order valence-corrected chi connectivity index (χ3v) is 3.53. The zero-order valence-electron chi connectivity index (χ0n) is 11.5. The van der Waals surface area contributed by atoms with Crippen LogP contribution < -0.4 is 4.74 Å². The topological polar surface area (TPSA) is 97.8 Å². The predicted molar refractivity (Wildman–Crippen MR) is 72.7 cm³/mol. The van der Waals surface area contributed by atoms with E-state index in [1.807, 2.05) is 0 Å². The zero-order valence-corrected chi connectivity index (χ0v) is 11.5. The Hall–Kier alpha value is -2.12. The third-order valence-electron chi connectivity index (χ3n) is 3.53. The van der Waals surface area contributed by atoms with Crippen molar-refractivity contribution in [1.82, 2.24) is 4.57 Å². The minimum atomic E-state index is -0.519. The smallest absolute Gasteiger partial charge is 0.320 e. The minimum Gasteiger partial charge on any atom is -0.490 e. The van der Waals surface area contributed by atoms with Gasteiger partial charge in [0.25, 0.3) is 0 Å². The number of aryl methyl sites for hydroxylation is 2. The number of aliphatic hydroxyl groups excluding tert-OH is 2. The first-order valence-electron chi connectivity index (χ1n) is 6.01. The van der Waals surface area contributed by atoms with E-state index in [0.29, 0.717) is 27.7 Å². The first-order valence-corrected chi connectivity index (χ1v) is 6.01. The molecule has 7 heteroatoms. The molecule has 2 aromatic rings. The molecule has 0 aliphatic heterocycles. The molecule has 0 bridgehead atoms. The Labute approximate surface area is 115 Å². The number of fused-ring (bicyclic) bond motifs is 1. The first kappa shape index (κ1) is 14.3. The van der Waals surface area contributed by atoms with Crippen LogP contribution in [0.2, 0.25) is 0 Å². The Balaban J connectivity index is 3.06. The molecule has 0 radical (unpaired) electrons. The predicted octanol–water partition coefficient (Wildman–Crippen LogP) is 1.39. The van der Waals surface area contributed by atoms with Crippen LogP contribution in [0.25, 0.3) is 10.9 Å². The number of hydrogen-bond donors (Lipinski definition) is 2. The quantitative estimate of drug-likeness (QED) is 0.651. The fraction of sp³-hybridized carbons (Fsp3) is 0.385. The second-order valence-electron chi connectivity index (χ2n) is 4.53. The van der Waals surface area contributed by atoms with Crippen LogP contribution in [-0.4, -0.2) is 26.8 Å². The highest BCUT2D eigenvalue weighted by Gasteiger charge is 2.28. The van der Waals surface area contributed by atoms with Gasteiger partial charge in [-0.2, -0.15) is 0 Å². The highest BCUT2D eigenvalue weighted by Crippen LogP contribution is 2.42. The highest BCUT2D eigenvalue weighted by atomic mass is 16.6. The van der Waals surface area contributed by atoms with Crippen LogP contribution >= 0.6 is 0 Å². The molecule has 20 heavy (non-hydrogen) atoms. The number of methoxy groups -OCH3 is 1. The van der Waals surface area contributed by atoms with E-state index in [1.54, 1.807) is 24.6 Å². The van der Waals surface area contributed by atoms with E-state index in [-0.39, 0.29) is 24.7 Å². The van der Waals surface area contributed by atoms with Gasteiger partial charge >= 0.3 is 5.69 Å². The SMILES string of the molecule is COc1c(C)cc2c(c(CO)c(CO)n2C)c1[N+](=O)[O-]. The first-order chi connectivity index (χ1) is 9.47. The Morgan fingerprint density at radius 2 is 2.05 bits per heavy atom. The number of benzene rings is 1. The molecule has 0 saturated carbocycles. The minimum absolute atomic E-state index is 0.173. The number of aromatic nitrogens is 1. The van der Waals surface area contributed by atoms with Gasteiger partial charge in [-0.3, -0.25) is 10.1 Å². The van der Waals surface area contributed by atoms with Crippen LogP contribution in [-0.2, 0) is 20.3 Å². The number of hydrogen-bond acceptors (Lipinski definition) is 5. The van der Waals surface area contributed by atoms with Crippen molar-refractivity contribution in [2.75, 3.05) is 7.11 Å². The highest BCUT2D eigenvalue weighted by molar-refractivity contribution is 5.97. The lowest BCUT2D eigenvalue weighted by molar-refractivity contribution is -0.384. The van der Waals surface area contributed by atoms with Gasteiger partial charge in [-0.25, -0.2) is 0 Å². The van der Waals surface area contributed by atoms with Gasteiger partial charge in [-0.1, -0.05) is 0 Å². The maximum absolute atomic E-state index is 11.4. The average Bonchev–Trinajstić information content (AvgIpc) is 2.68. The normalized spacial score (nSPS) is 11.1. The molecule has 1 aromatic heterocycles. The fourth-order valence-corrected chi connectivity index (χ4v) is 2.62. The van der Waals surface area contributed by atoms with Crippen molar-refractivity contribution in [3.8, 4) is 5.75 Å². The lowest BCUT2D eigenvalue weighted by Crippen LogP contribution is -1.98. The molecule has 0 fully saturated rings. The largest absolute Gasteiger partial charge is 0.490 e. The molecule has 0 amide bonds. The van der Waals surface area contributed by atoms with Crippen LogP contribution in [0.15, 0.2) is 6.07 Å². The molecule has 0 aliphatic carbocycles. The van der Waals surface area contributed by atoms with E-state index >= 15 is 0 Å². The summed E-state index contributed by atoms with van der Waals surface area (Å²) in [5.74, 6) is 0.173. The summed E-state index contributed by atoms with van der Waals surface area (Å²) in [5.41, 5.74) is 1.85. The second-order valence-corrected chi connectivity index (χ2v) is 4.53. The Bertz CT molecular complexity index is 690. The molecular formula is C13H16N2O5. The molecule has 7 nitrogen and oxygen atoms in total. The van der Waals surface area contributed by atoms with Crippen molar-refractivity contribution in [2.24, 2.45) is 7.05 Å². The second kappa shape index (κ2) is 5.10. The van der Waals surface area contributed by atoms with E-state index in [2.05, 4.69) is 0 Å². The van der Waals surface area contributed by atoms with Gasteiger partial charge in [0.05, 0.1) is 36.1 Å². The summed E-state index contributed by atoms with van der Waals surface area (Å²) in [6.45, 7) is 1.02. The summed E-state index contributed by atoms with van der Waals surface area (Å²) in [6, 6.07) is 1.75. The number of aliphatic hydroxyl groups is 2. The Morgan fingerprint density at radius 3 is 2.50 bits per heavy atom. The van der Waals surface area contributed by atoms with Crippen LogP contribution in [0.1, 0.15) is 16.8 Å². The van der Waals surface area contributed by atoms with Gasteiger partial charge in [-0.05, 0) is 13.0 Å². The summed E-state index contributed by atoms with van der Waals surface area (Å²) >= 11 is 0. The number of rotatable bonds is 4. The van der Waals surface area contributed by atoms with Crippen molar-refractivity contribution < 1.29 is 19.9 Å². The van der Waals surface area contributed by atoms with E-state index < -0.39 is 4.92 Å². The lowest BCUT2D eigenvalue weighted by atomic mass is 10.1. The van der Waals surface area contributed by atoms with Gasteiger partial charge in [0.15, 0.2) is 0 Å². The fourth-order valence-electron chi connectivity index (χ4n) is 2.62. The van der Waals surface area contributed by atoms with Gasteiger partial charge in [0.1, 0.15) is 0 Å². The summed E-state index contributed by atoms with van der Waals surface area (Å²) in [6.07, 6.45) is 0. The molecule has 2 rings (SSSR count). The molecule has 0 unspecified atom stereocenters. The van der Waals surface area contributed by atoms with E-state index in [4.69, 9.17) is 4.74 Å². The molecule has 0 atom stereocenters. The molecule has 2 N–H and O–H groups in total. The Morgan fingerprint density at radius 1 is 1.40 bits per heavy atom. The maximum Gasteiger partial charge on any atom is 0.320 e. The van der Waals surface area contributed by atoms with Crippen molar-refractivity contribution >= 4 is 16.6 Å².